The van der Waals surface area contributed by atoms with Crippen LogP contribution in [0.1, 0.15) is 254 Å². The van der Waals surface area contributed by atoms with Crippen molar-refractivity contribution in [3.05, 3.63) is 117 Å². The average Bonchev–Trinajstić information content (AvgIpc) is 4.20. The maximum atomic E-state index is 11.9. The first-order valence-corrected chi connectivity index (χ1v) is 27.6. The zero-order valence-electron chi connectivity index (χ0n) is 49.5. The first-order valence-electron chi connectivity index (χ1n) is 27.6. The summed E-state index contributed by atoms with van der Waals surface area (Å²) >= 11 is 0. The molecule has 0 N–H and O–H groups in total. The molecule has 4 fully saturated rings. The average molecular weight is 1080 g/mol. The Morgan fingerprint density at radius 2 is 0.351 bits per heavy atom. The standard InChI is InChI=1S/4C12H18O.4C4H8O.2Ca/c4*1-8(2)10-6-5-7-11(9(3)4)12(10)13;4*1-2-4-5-3-1;;/h4*5-9,13H,1-4H3;4*1-4H2;;/q;;;;;;;;2*+2/p-4. The molecule has 0 aromatic heterocycles. The van der Waals surface area contributed by atoms with E-state index in [1.54, 1.807) is 0 Å². The van der Waals surface area contributed by atoms with E-state index in [0.29, 0.717) is 47.3 Å². The van der Waals surface area contributed by atoms with Gasteiger partial charge in [0, 0.05) is 52.9 Å². The quantitative estimate of drug-likeness (QED) is 0.160. The van der Waals surface area contributed by atoms with Gasteiger partial charge in [0.1, 0.15) is 0 Å². The Bertz CT molecular complexity index is 1570. The molecule has 0 radical (unpaired) electrons. The Morgan fingerprint density at radius 1 is 0.243 bits per heavy atom. The molecule has 408 valence electrons. The third-order valence-corrected chi connectivity index (χ3v) is 12.6. The molecule has 8 rings (SSSR count). The SMILES string of the molecule is C1CCOC1.C1CCOC1.C1CCOC1.C1CCOC1.CC(C)c1cccc(C(C)C)c1[O-].CC(C)c1cccc(C(C)C)c1[O-].CC(C)c1cccc(C(C)C)c1[O-].CC(C)c1cccc(C(C)C)c1[O-].[Ca+2].[Ca+2]. The van der Waals surface area contributed by atoms with Crippen molar-refractivity contribution in [1.29, 1.82) is 0 Å². The summed E-state index contributed by atoms with van der Waals surface area (Å²) in [6.07, 6.45) is 10.2. The molecule has 4 saturated heterocycles. The van der Waals surface area contributed by atoms with Crippen LogP contribution in [0.25, 0.3) is 0 Å². The van der Waals surface area contributed by atoms with E-state index in [0.717, 1.165) is 97.4 Å². The molecule has 0 amide bonds. The van der Waals surface area contributed by atoms with E-state index in [4.69, 9.17) is 18.9 Å². The van der Waals surface area contributed by atoms with Gasteiger partial charge in [-0.15, -0.1) is 23.0 Å². The molecule has 10 heteroatoms. The Labute approximate surface area is 512 Å². The van der Waals surface area contributed by atoms with Crippen molar-refractivity contribution in [2.75, 3.05) is 52.9 Å². The fraction of sp³-hybridized carbons (Fsp3) is 0.625. The van der Waals surface area contributed by atoms with E-state index in [2.05, 4.69) is 111 Å². The van der Waals surface area contributed by atoms with Gasteiger partial charge in [0.05, 0.1) is 0 Å². The fourth-order valence-corrected chi connectivity index (χ4v) is 7.97. The summed E-state index contributed by atoms with van der Waals surface area (Å²) in [6.45, 7) is 40.9. The van der Waals surface area contributed by atoms with E-state index >= 15 is 0 Å². The van der Waals surface area contributed by atoms with Crippen LogP contribution in [0.4, 0.5) is 0 Å². The molecule has 8 nitrogen and oxygen atoms in total. The molecule has 0 spiro atoms. The second-order valence-corrected chi connectivity index (χ2v) is 21.6. The third-order valence-electron chi connectivity index (χ3n) is 12.6. The molecule has 0 unspecified atom stereocenters. The van der Waals surface area contributed by atoms with Gasteiger partial charge in [-0.25, -0.2) is 0 Å². The topological polar surface area (TPSA) is 129 Å². The Morgan fingerprint density at radius 3 is 0.419 bits per heavy atom. The van der Waals surface area contributed by atoms with E-state index < -0.39 is 0 Å². The van der Waals surface area contributed by atoms with Crippen molar-refractivity contribution >= 4 is 75.5 Å². The van der Waals surface area contributed by atoms with E-state index in [1.165, 1.54) is 51.4 Å². The maximum absolute atomic E-state index is 11.9. The van der Waals surface area contributed by atoms with Crippen LogP contribution in [0.15, 0.2) is 72.8 Å². The molecular formula is C64H100Ca2O8. The van der Waals surface area contributed by atoms with Crippen molar-refractivity contribution in [2.24, 2.45) is 0 Å². The van der Waals surface area contributed by atoms with Gasteiger partial charge in [-0.1, -0.05) is 228 Å². The summed E-state index contributed by atoms with van der Waals surface area (Å²) in [6, 6.07) is 23.3. The minimum atomic E-state index is 0. The van der Waals surface area contributed by atoms with Gasteiger partial charge in [0.25, 0.3) is 0 Å². The fourth-order valence-electron chi connectivity index (χ4n) is 7.97. The summed E-state index contributed by atoms with van der Waals surface area (Å²) in [7, 11) is 0. The van der Waals surface area contributed by atoms with E-state index in [-0.39, 0.29) is 98.5 Å². The number of ether oxygens (including phenoxy) is 4. The molecule has 4 aromatic rings. The molecule has 0 aliphatic carbocycles. The van der Waals surface area contributed by atoms with Gasteiger partial charge in [-0.3, -0.25) is 0 Å². The number of hydrogen-bond acceptors (Lipinski definition) is 8. The number of benzene rings is 4. The summed E-state index contributed by atoms with van der Waals surface area (Å²) in [4.78, 5) is 0. The van der Waals surface area contributed by atoms with E-state index in [9.17, 15) is 20.4 Å². The summed E-state index contributed by atoms with van der Waals surface area (Å²) in [5.41, 5.74) is 7.49. The molecule has 0 saturated carbocycles. The number of para-hydroxylation sites is 4. The predicted molar refractivity (Wildman–Crippen MR) is 308 cm³/mol. The largest absolute Gasteiger partial charge is 2.00 e. The van der Waals surface area contributed by atoms with Gasteiger partial charge >= 0.3 is 75.5 Å². The van der Waals surface area contributed by atoms with Crippen molar-refractivity contribution in [2.45, 2.75) is 209 Å². The van der Waals surface area contributed by atoms with Crippen LogP contribution in [0.2, 0.25) is 0 Å². The Hall–Kier alpha value is -1.56. The van der Waals surface area contributed by atoms with E-state index in [1.807, 2.05) is 72.8 Å². The smallest absolute Gasteiger partial charge is 0.872 e. The molecular weight excluding hydrogens is 977 g/mol. The second-order valence-electron chi connectivity index (χ2n) is 21.6. The van der Waals surface area contributed by atoms with Crippen LogP contribution in [0.5, 0.6) is 23.0 Å². The molecule has 4 aromatic carbocycles. The predicted octanol–water partition coefficient (Wildman–Crippen LogP) is 14.5. The third kappa shape index (κ3) is 30.0. The molecule has 4 aliphatic heterocycles. The van der Waals surface area contributed by atoms with Crippen molar-refractivity contribution in [3.63, 3.8) is 0 Å². The minimum Gasteiger partial charge on any atom is -0.872 e. The summed E-state index contributed by atoms with van der Waals surface area (Å²) in [5, 5.41) is 47.4. The number of rotatable bonds is 8. The van der Waals surface area contributed by atoms with Crippen LogP contribution < -0.4 is 20.4 Å². The Kier molecular flexibility index (Phi) is 43.6. The molecule has 0 atom stereocenters. The zero-order chi connectivity index (χ0) is 54.2. The first-order chi connectivity index (χ1) is 34.1. The summed E-state index contributed by atoms with van der Waals surface area (Å²) < 4.78 is 19.8. The van der Waals surface area contributed by atoms with Crippen LogP contribution in [-0.4, -0.2) is 128 Å². The van der Waals surface area contributed by atoms with Crippen LogP contribution in [-0.2, 0) is 18.9 Å². The maximum Gasteiger partial charge on any atom is 2.00 e. The van der Waals surface area contributed by atoms with Crippen molar-refractivity contribution < 1.29 is 39.4 Å². The molecule has 4 aliphatic rings. The van der Waals surface area contributed by atoms with Crippen LogP contribution in [0.3, 0.4) is 0 Å². The van der Waals surface area contributed by atoms with Gasteiger partial charge < -0.3 is 39.4 Å². The van der Waals surface area contributed by atoms with Crippen LogP contribution >= 0.6 is 0 Å². The summed E-state index contributed by atoms with van der Waals surface area (Å²) in [5.74, 6) is 3.52. The Balaban J connectivity index is 0. The van der Waals surface area contributed by atoms with Crippen LogP contribution in [0, 0.1) is 0 Å². The molecule has 74 heavy (non-hydrogen) atoms. The normalized spacial score (nSPS) is 14.4. The van der Waals surface area contributed by atoms with Gasteiger partial charge in [0.15, 0.2) is 0 Å². The van der Waals surface area contributed by atoms with Crippen molar-refractivity contribution in [3.8, 4) is 23.0 Å². The first kappa shape index (κ1) is 74.5. The number of hydrogen-bond donors (Lipinski definition) is 0. The van der Waals surface area contributed by atoms with Gasteiger partial charge in [-0.05, 0) is 98.7 Å². The monoisotopic (exact) mass is 1080 g/mol. The minimum absolute atomic E-state index is 0. The molecule has 4 heterocycles. The van der Waals surface area contributed by atoms with Gasteiger partial charge in [-0.2, -0.15) is 0 Å². The van der Waals surface area contributed by atoms with Gasteiger partial charge in [0.2, 0.25) is 0 Å². The second kappa shape index (κ2) is 43.3. The van der Waals surface area contributed by atoms with Crippen molar-refractivity contribution in [1.82, 2.24) is 0 Å². The zero-order valence-corrected chi connectivity index (χ0v) is 54.0. The molecule has 0 bridgehead atoms.